The van der Waals surface area contributed by atoms with Crippen molar-refractivity contribution in [3.63, 3.8) is 0 Å². The van der Waals surface area contributed by atoms with Crippen LogP contribution in [0.5, 0.6) is 0 Å². The first-order valence-corrected chi connectivity index (χ1v) is 13.1. The van der Waals surface area contributed by atoms with E-state index in [9.17, 15) is 4.79 Å². The van der Waals surface area contributed by atoms with E-state index in [0.717, 1.165) is 58.4 Å². The molecule has 0 aliphatic carbocycles. The molecule has 0 radical (unpaired) electrons. The van der Waals surface area contributed by atoms with Crippen LogP contribution in [0.25, 0.3) is 22.0 Å². The number of carbonyl (C=O) groups is 1. The molecular formula is C27H38N4OS. The highest BCUT2D eigenvalue weighted by Gasteiger charge is 2.21. The second-order valence-electron chi connectivity index (χ2n) is 9.39. The minimum atomic E-state index is 0.0180. The van der Waals surface area contributed by atoms with Gasteiger partial charge in [-0.1, -0.05) is 47.0 Å². The maximum Gasteiger partial charge on any atom is 0.253 e. The standard InChI is InChI=1S/C27H38N4OS/c1-7-9-10-21(8-2)14-29-26(32)23-13-25(31(20(23)6)16-18(3)4)24-17-33-27(30-24)22-12-11-19(5)28-15-22/h11-13,15,17-18,21H,7-10,14,16H2,1-6H3,(H,29,32). The van der Waals surface area contributed by atoms with E-state index in [1.54, 1.807) is 11.3 Å². The summed E-state index contributed by atoms with van der Waals surface area (Å²) in [7, 11) is 0. The van der Waals surface area contributed by atoms with E-state index in [-0.39, 0.29) is 5.91 Å². The van der Waals surface area contributed by atoms with Crippen molar-refractivity contribution < 1.29 is 4.79 Å². The molecule has 1 atom stereocenters. The Morgan fingerprint density at radius 3 is 2.64 bits per heavy atom. The Morgan fingerprint density at radius 1 is 1.21 bits per heavy atom. The van der Waals surface area contributed by atoms with Gasteiger partial charge in [-0.3, -0.25) is 9.78 Å². The Balaban J connectivity index is 1.87. The zero-order valence-electron chi connectivity index (χ0n) is 20.9. The van der Waals surface area contributed by atoms with Crippen molar-refractivity contribution in [3.8, 4) is 22.0 Å². The van der Waals surface area contributed by atoms with Crippen molar-refractivity contribution in [3.05, 3.63) is 46.7 Å². The number of carbonyl (C=O) groups excluding carboxylic acids is 1. The number of pyridine rings is 1. The largest absolute Gasteiger partial charge is 0.352 e. The molecule has 0 saturated carbocycles. The van der Waals surface area contributed by atoms with Crippen molar-refractivity contribution in [1.29, 1.82) is 0 Å². The number of hydrogen-bond acceptors (Lipinski definition) is 4. The van der Waals surface area contributed by atoms with E-state index in [1.165, 1.54) is 19.3 Å². The molecule has 0 fully saturated rings. The quantitative estimate of drug-likeness (QED) is 0.335. The smallest absolute Gasteiger partial charge is 0.253 e. The van der Waals surface area contributed by atoms with Gasteiger partial charge in [-0.2, -0.15) is 0 Å². The predicted molar refractivity (Wildman–Crippen MR) is 139 cm³/mol. The molecule has 3 heterocycles. The fourth-order valence-corrected chi connectivity index (χ4v) is 4.89. The van der Waals surface area contributed by atoms with Gasteiger partial charge in [0.1, 0.15) is 5.01 Å². The second-order valence-corrected chi connectivity index (χ2v) is 10.2. The van der Waals surface area contributed by atoms with Crippen molar-refractivity contribution in [2.24, 2.45) is 11.8 Å². The van der Waals surface area contributed by atoms with E-state index >= 15 is 0 Å². The molecule has 178 valence electrons. The van der Waals surface area contributed by atoms with Gasteiger partial charge in [0, 0.05) is 41.6 Å². The van der Waals surface area contributed by atoms with Gasteiger partial charge in [0.15, 0.2) is 0 Å². The molecule has 0 aliphatic rings. The van der Waals surface area contributed by atoms with Crippen molar-refractivity contribution in [2.75, 3.05) is 6.54 Å². The van der Waals surface area contributed by atoms with E-state index in [2.05, 4.69) is 54.0 Å². The number of rotatable bonds is 11. The first kappa shape index (κ1) is 25.2. The monoisotopic (exact) mass is 466 g/mol. The molecule has 5 nitrogen and oxygen atoms in total. The number of aromatic nitrogens is 3. The summed E-state index contributed by atoms with van der Waals surface area (Å²) < 4.78 is 2.25. The number of aryl methyl sites for hydroxylation is 1. The molecule has 0 aromatic carbocycles. The number of nitrogens with one attached hydrogen (secondary N) is 1. The molecular weight excluding hydrogens is 428 g/mol. The Bertz CT molecular complexity index is 1050. The summed E-state index contributed by atoms with van der Waals surface area (Å²) in [5, 5.41) is 6.23. The Morgan fingerprint density at radius 2 is 2.00 bits per heavy atom. The maximum absolute atomic E-state index is 13.2. The number of hydrogen-bond donors (Lipinski definition) is 1. The Labute approximate surface area is 202 Å². The lowest BCUT2D eigenvalue weighted by molar-refractivity contribution is 0.0945. The van der Waals surface area contributed by atoms with Crippen molar-refractivity contribution in [1.82, 2.24) is 19.9 Å². The van der Waals surface area contributed by atoms with Gasteiger partial charge in [-0.05, 0) is 50.3 Å². The van der Waals surface area contributed by atoms with Crippen molar-refractivity contribution in [2.45, 2.75) is 73.8 Å². The van der Waals surface area contributed by atoms with E-state index in [0.29, 0.717) is 11.8 Å². The summed E-state index contributed by atoms with van der Waals surface area (Å²) in [5.41, 5.74) is 5.69. The van der Waals surface area contributed by atoms with Crippen LogP contribution in [-0.2, 0) is 6.54 Å². The molecule has 3 aromatic heterocycles. The molecule has 0 aliphatic heterocycles. The maximum atomic E-state index is 13.2. The van der Waals surface area contributed by atoms with Gasteiger partial charge in [-0.15, -0.1) is 11.3 Å². The van der Waals surface area contributed by atoms with Crippen LogP contribution in [-0.4, -0.2) is 27.0 Å². The summed E-state index contributed by atoms with van der Waals surface area (Å²) >= 11 is 1.61. The van der Waals surface area contributed by atoms with Crippen LogP contribution < -0.4 is 5.32 Å². The zero-order valence-corrected chi connectivity index (χ0v) is 21.8. The van der Waals surface area contributed by atoms with Crippen LogP contribution >= 0.6 is 11.3 Å². The SMILES string of the molecule is CCCCC(CC)CNC(=O)c1cc(-c2csc(-c3ccc(C)nc3)n2)n(CC(C)C)c1C. The predicted octanol–water partition coefficient (Wildman–Crippen LogP) is 6.89. The minimum absolute atomic E-state index is 0.0180. The lowest BCUT2D eigenvalue weighted by Gasteiger charge is -2.16. The highest BCUT2D eigenvalue weighted by molar-refractivity contribution is 7.13. The summed E-state index contributed by atoms with van der Waals surface area (Å²) in [6.45, 7) is 14.4. The van der Waals surface area contributed by atoms with E-state index in [1.807, 2.05) is 32.2 Å². The van der Waals surface area contributed by atoms with Gasteiger partial charge in [0.25, 0.3) is 5.91 Å². The topological polar surface area (TPSA) is 59.8 Å². The third-order valence-corrected chi connectivity index (χ3v) is 7.07. The number of amides is 1. The summed E-state index contributed by atoms with van der Waals surface area (Å²) in [4.78, 5) is 22.5. The van der Waals surface area contributed by atoms with Crippen LogP contribution in [0, 0.1) is 25.7 Å². The van der Waals surface area contributed by atoms with Crippen LogP contribution in [0.3, 0.4) is 0 Å². The molecule has 3 aromatic rings. The molecule has 1 amide bonds. The van der Waals surface area contributed by atoms with Gasteiger partial charge in [-0.25, -0.2) is 4.98 Å². The van der Waals surface area contributed by atoms with Crippen molar-refractivity contribution >= 4 is 17.2 Å². The fourth-order valence-electron chi connectivity index (χ4n) is 4.08. The lowest BCUT2D eigenvalue weighted by Crippen LogP contribution is -2.29. The highest BCUT2D eigenvalue weighted by atomic mass is 32.1. The second kappa shape index (κ2) is 11.6. The number of unbranched alkanes of at least 4 members (excludes halogenated alkanes) is 1. The Hall–Kier alpha value is -2.47. The highest BCUT2D eigenvalue weighted by Crippen LogP contribution is 2.32. The normalized spacial score (nSPS) is 12.3. The molecule has 6 heteroatoms. The van der Waals surface area contributed by atoms with Gasteiger partial charge in [0.05, 0.1) is 17.0 Å². The lowest BCUT2D eigenvalue weighted by atomic mass is 9.99. The average molecular weight is 467 g/mol. The number of thiazole rings is 1. The summed E-state index contributed by atoms with van der Waals surface area (Å²) in [5.74, 6) is 1.02. The average Bonchev–Trinajstić information content (AvgIpc) is 3.39. The van der Waals surface area contributed by atoms with Crippen LogP contribution in [0.1, 0.15) is 75.1 Å². The first-order chi connectivity index (χ1) is 15.8. The molecule has 0 spiro atoms. The Kier molecular flexibility index (Phi) is 8.84. The molecule has 1 N–H and O–H groups in total. The third-order valence-electron chi connectivity index (χ3n) is 6.18. The molecule has 0 bridgehead atoms. The van der Waals surface area contributed by atoms with Crippen LogP contribution in [0.2, 0.25) is 0 Å². The fraction of sp³-hybridized carbons (Fsp3) is 0.519. The molecule has 3 rings (SSSR count). The minimum Gasteiger partial charge on any atom is -0.352 e. The molecule has 33 heavy (non-hydrogen) atoms. The van der Waals surface area contributed by atoms with E-state index in [4.69, 9.17) is 4.98 Å². The summed E-state index contributed by atoms with van der Waals surface area (Å²) in [6.07, 6.45) is 6.54. The molecule has 0 saturated heterocycles. The van der Waals surface area contributed by atoms with Crippen LogP contribution in [0.4, 0.5) is 0 Å². The van der Waals surface area contributed by atoms with E-state index < -0.39 is 0 Å². The third kappa shape index (κ3) is 6.32. The molecule has 1 unspecified atom stereocenters. The zero-order chi connectivity index (χ0) is 24.0. The summed E-state index contributed by atoms with van der Waals surface area (Å²) in [6, 6.07) is 6.09. The first-order valence-electron chi connectivity index (χ1n) is 12.2. The van der Waals surface area contributed by atoms with Crippen LogP contribution in [0.15, 0.2) is 29.8 Å². The van der Waals surface area contributed by atoms with Gasteiger partial charge in [0.2, 0.25) is 0 Å². The van der Waals surface area contributed by atoms with Gasteiger partial charge >= 0.3 is 0 Å². The van der Waals surface area contributed by atoms with Gasteiger partial charge < -0.3 is 9.88 Å². The number of nitrogens with zero attached hydrogens (tertiary/aromatic N) is 3.